The van der Waals surface area contributed by atoms with Crippen molar-refractivity contribution in [3.05, 3.63) is 93.7 Å². The van der Waals surface area contributed by atoms with Gasteiger partial charge in [-0.15, -0.1) is 35.3 Å². The van der Waals surface area contributed by atoms with Crippen LogP contribution < -0.4 is 10.6 Å². The monoisotopic (exact) mass is 507 g/mol. The second kappa shape index (κ2) is 12.5. The Balaban J connectivity index is 0.00000280. The first kappa shape index (κ1) is 22.4. The highest BCUT2D eigenvalue weighted by Crippen LogP contribution is 2.12. The Morgan fingerprint density at radius 1 is 0.857 bits per heavy atom. The number of aliphatic imine (C=N–C) groups is 1. The molecule has 6 heteroatoms. The Labute approximate surface area is 188 Å². The minimum atomic E-state index is 0. The van der Waals surface area contributed by atoms with Gasteiger partial charge in [0, 0.05) is 18.5 Å². The van der Waals surface area contributed by atoms with E-state index in [1.807, 2.05) is 18.2 Å². The SMILES string of the molecule is CN=C(NCc1cccs1)NCc1ccccc1COCc1ccccc1.I. The molecule has 2 N–H and O–H groups in total. The van der Waals surface area contributed by atoms with Crippen LogP contribution >= 0.6 is 35.3 Å². The number of ether oxygens (including phenoxy) is 1. The second-order valence-corrected chi connectivity index (χ2v) is 7.14. The first-order valence-electron chi connectivity index (χ1n) is 9.00. The van der Waals surface area contributed by atoms with Crippen LogP contribution in [0.15, 0.2) is 77.1 Å². The molecule has 0 saturated carbocycles. The van der Waals surface area contributed by atoms with Crippen LogP contribution in [0.25, 0.3) is 0 Å². The molecular weight excluding hydrogens is 481 g/mol. The molecule has 0 bridgehead atoms. The number of nitrogens with one attached hydrogen (secondary N) is 2. The molecule has 0 aliphatic heterocycles. The van der Waals surface area contributed by atoms with Crippen molar-refractivity contribution in [2.45, 2.75) is 26.3 Å². The lowest BCUT2D eigenvalue weighted by atomic mass is 10.1. The van der Waals surface area contributed by atoms with Gasteiger partial charge in [0.15, 0.2) is 5.96 Å². The number of guanidine groups is 1. The topological polar surface area (TPSA) is 45.7 Å². The minimum Gasteiger partial charge on any atom is -0.372 e. The van der Waals surface area contributed by atoms with E-state index >= 15 is 0 Å². The molecule has 0 saturated heterocycles. The van der Waals surface area contributed by atoms with Gasteiger partial charge in [0.1, 0.15) is 0 Å². The molecule has 148 valence electrons. The van der Waals surface area contributed by atoms with Crippen LogP contribution in [0.5, 0.6) is 0 Å². The zero-order valence-electron chi connectivity index (χ0n) is 15.9. The summed E-state index contributed by atoms with van der Waals surface area (Å²) in [5.41, 5.74) is 3.59. The van der Waals surface area contributed by atoms with Crippen molar-refractivity contribution in [2.24, 2.45) is 4.99 Å². The average Bonchev–Trinajstić information content (AvgIpc) is 3.23. The van der Waals surface area contributed by atoms with E-state index in [4.69, 9.17) is 4.74 Å². The normalized spacial score (nSPS) is 11.0. The summed E-state index contributed by atoms with van der Waals surface area (Å²) >= 11 is 1.74. The lowest BCUT2D eigenvalue weighted by Crippen LogP contribution is -2.36. The van der Waals surface area contributed by atoms with Crippen LogP contribution in [-0.2, 0) is 31.0 Å². The maximum Gasteiger partial charge on any atom is 0.191 e. The third-order valence-corrected chi connectivity index (χ3v) is 5.04. The number of hydrogen-bond donors (Lipinski definition) is 2. The molecule has 3 aromatic rings. The molecule has 28 heavy (non-hydrogen) atoms. The van der Waals surface area contributed by atoms with Crippen molar-refractivity contribution in [3.8, 4) is 0 Å². The van der Waals surface area contributed by atoms with Gasteiger partial charge in [-0.2, -0.15) is 0 Å². The zero-order chi connectivity index (χ0) is 18.7. The van der Waals surface area contributed by atoms with E-state index in [9.17, 15) is 0 Å². The summed E-state index contributed by atoms with van der Waals surface area (Å²) in [5, 5.41) is 8.81. The molecule has 0 amide bonds. The molecule has 1 heterocycles. The van der Waals surface area contributed by atoms with Crippen molar-refractivity contribution in [2.75, 3.05) is 7.05 Å². The number of nitrogens with zero attached hydrogens (tertiary/aromatic N) is 1. The number of hydrogen-bond acceptors (Lipinski definition) is 3. The largest absolute Gasteiger partial charge is 0.372 e. The van der Waals surface area contributed by atoms with Gasteiger partial charge in [0.2, 0.25) is 0 Å². The van der Waals surface area contributed by atoms with Gasteiger partial charge in [-0.05, 0) is 28.1 Å². The van der Waals surface area contributed by atoms with E-state index in [2.05, 4.69) is 69.5 Å². The summed E-state index contributed by atoms with van der Waals surface area (Å²) in [6, 6.07) is 22.8. The molecule has 3 rings (SSSR count). The van der Waals surface area contributed by atoms with Crippen molar-refractivity contribution in [3.63, 3.8) is 0 Å². The zero-order valence-corrected chi connectivity index (χ0v) is 19.1. The summed E-state index contributed by atoms with van der Waals surface area (Å²) in [5.74, 6) is 0.795. The van der Waals surface area contributed by atoms with E-state index in [1.54, 1.807) is 18.4 Å². The molecule has 0 radical (unpaired) electrons. The first-order chi connectivity index (χ1) is 13.3. The fraction of sp³-hybridized carbons (Fsp3) is 0.227. The fourth-order valence-electron chi connectivity index (χ4n) is 2.71. The van der Waals surface area contributed by atoms with Crippen molar-refractivity contribution < 1.29 is 4.74 Å². The summed E-state index contributed by atoms with van der Waals surface area (Å²) in [6.07, 6.45) is 0. The lowest BCUT2D eigenvalue weighted by molar-refractivity contribution is 0.106. The average molecular weight is 507 g/mol. The molecular formula is C22H26IN3OS. The number of rotatable bonds is 8. The molecule has 0 unspecified atom stereocenters. The molecule has 2 aromatic carbocycles. The van der Waals surface area contributed by atoms with E-state index < -0.39 is 0 Å². The lowest BCUT2D eigenvalue weighted by Gasteiger charge is -2.14. The van der Waals surface area contributed by atoms with Gasteiger partial charge in [-0.25, -0.2) is 0 Å². The third-order valence-electron chi connectivity index (χ3n) is 4.17. The standard InChI is InChI=1S/C22H25N3OS.HI/c1-23-22(25-15-21-12-7-13-27-21)24-14-19-10-5-6-11-20(19)17-26-16-18-8-3-2-4-9-18;/h2-13H,14-17H2,1H3,(H2,23,24,25);1H. The van der Waals surface area contributed by atoms with Crippen LogP contribution in [0, 0.1) is 0 Å². The highest BCUT2D eigenvalue weighted by molar-refractivity contribution is 14.0. The molecule has 0 fully saturated rings. The predicted molar refractivity (Wildman–Crippen MR) is 128 cm³/mol. The number of thiophene rings is 1. The van der Waals surface area contributed by atoms with Gasteiger partial charge in [-0.1, -0.05) is 60.7 Å². The van der Waals surface area contributed by atoms with Crippen LogP contribution in [-0.4, -0.2) is 13.0 Å². The Kier molecular flexibility index (Phi) is 10.0. The van der Waals surface area contributed by atoms with Gasteiger partial charge in [0.05, 0.1) is 19.8 Å². The van der Waals surface area contributed by atoms with E-state index in [0.717, 1.165) is 12.5 Å². The summed E-state index contributed by atoms with van der Waals surface area (Å²) in [6.45, 7) is 2.69. The maximum absolute atomic E-state index is 5.90. The Morgan fingerprint density at radius 2 is 1.57 bits per heavy atom. The van der Waals surface area contributed by atoms with Crippen LogP contribution in [0.4, 0.5) is 0 Å². The third kappa shape index (κ3) is 7.26. The summed E-state index contributed by atoms with van der Waals surface area (Å²) in [4.78, 5) is 5.59. The van der Waals surface area contributed by atoms with Crippen molar-refractivity contribution in [1.29, 1.82) is 0 Å². The molecule has 1 aromatic heterocycles. The minimum absolute atomic E-state index is 0. The predicted octanol–water partition coefficient (Wildman–Crippen LogP) is 4.95. The number of benzene rings is 2. The molecule has 0 spiro atoms. The van der Waals surface area contributed by atoms with E-state index in [0.29, 0.717) is 19.8 Å². The maximum atomic E-state index is 5.90. The Bertz CT molecular complexity index is 838. The quantitative estimate of drug-likeness (QED) is 0.258. The van der Waals surface area contributed by atoms with Crippen molar-refractivity contribution >= 4 is 41.3 Å². The Hall–Kier alpha value is -1.90. The summed E-state index contributed by atoms with van der Waals surface area (Å²) in [7, 11) is 1.79. The smallest absolute Gasteiger partial charge is 0.191 e. The molecule has 4 nitrogen and oxygen atoms in total. The van der Waals surface area contributed by atoms with E-state index in [1.165, 1.54) is 21.6 Å². The fourth-order valence-corrected chi connectivity index (χ4v) is 3.35. The highest BCUT2D eigenvalue weighted by Gasteiger charge is 2.04. The van der Waals surface area contributed by atoms with Gasteiger partial charge in [0.25, 0.3) is 0 Å². The van der Waals surface area contributed by atoms with Gasteiger partial charge >= 0.3 is 0 Å². The van der Waals surface area contributed by atoms with Crippen molar-refractivity contribution in [1.82, 2.24) is 10.6 Å². The number of halogens is 1. The second-order valence-electron chi connectivity index (χ2n) is 6.11. The van der Waals surface area contributed by atoms with Gasteiger partial charge < -0.3 is 15.4 Å². The first-order valence-corrected chi connectivity index (χ1v) is 9.88. The Morgan fingerprint density at radius 3 is 2.29 bits per heavy atom. The highest BCUT2D eigenvalue weighted by atomic mass is 127. The van der Waals surface area contributed by atoms with E-state index in [-0.39, 0.29) is 24.0 Å². The van der Waals surface area contributed by atoms with Crippen LogP contribution in [0.3, 0.4) is 0 Å². The molecule has 0 atom stereocenters. The summed E-state index contributed by atoms with van der Waals surface area (Å²) < 4.78 is 5.90. The van der Waals surface area contributed by atoms with Gasteiger partial charge in [-0.3, -0.25) is 4.99 Å². The van der Waals surface area contributed by atoms with Crippen LogP contribution in [0.2, 0.25) is 0 Å². The molecule has 0 aliphatic carbocycles. The van der Waals surface area contributed by atoms with Crippen LogP contribution in [0.1, 0.15) is 21.6 Å². The molecule has 0 aliphatic rings.